The molecule has 1 saturated carbocycles. The van der Waals surface area contributed by atoms with Gasteiger partial charge in [-0.1, -0.05) is 24.1 Å². The average Bonchev–Trinajstić information content (AvgIpc) is 2.31. The molecule has 3 nitrogen and oxygen atoms in total. The molecular formula is C14H21NO2S. The van der Waals surface area contributed by atoms with Crippen LogP contribution in [0.1, 0.15) is 31.2 Å². The zero-order chi connectivity index (χ0) is 13.2. The molecule has 1 N–H and O–H groups in total. The van der Waals surface area contributed by atoms with E-state index >= 15 is 0 Å². The first-order valence-corrected chi connectivity index (χ1v) is 8.42. The van der Waals surface area contributed by atoms with Gasteiger partial charge in [-0.25, -0.2) is 8.42 Å². The molecule has 0 heterocycles. The van der Waals surface area contributed by atoms with Crippen molar-refractivity contribution in [1.29, 1.82) is 0 Å². The molecule has 0 saturated heterocycles. The summed E-state index contributed by atoms with van der Waals surface area (Å²) >= 11 is 0. The second-order valence-electron chi connectivity index (χ2n) is 5.33. The molecule has 4 heteroatoms. The zero-order valence-electron chi connectivity index (χ0n) is 11.0. The van der Waals surface area contributed by atoms with E-state index in [1.165, 1.54) is 11.8 Å². The molecule has 0 spiro atoms. The van der Waals surface area contributed by atoms with E-state index in [1.807, 2.05) is 0 Å². The SMILES string of the molecule is Cc1ccc(NC2CCCC(S(C)(=O)=O)C2)cc1. The summed E-state index contributed by atoms with van der Waals surface area (Å²) in [7, 11) is -2.90. The Labute approximate surface area is 110 Å². The van der Waals surface area contributed by atoms with Crippen molar-refractivity contribution >= 4 is 15.5 Å². The molecule has 1 aliphatic carbocycles. The number of aryl methyl sites for hydroxylation is 1. The van der Waals surface area contributed by atoms with Crippen molar-refractivity contribution in [2.45, 2.75) is 43.9 Å². The van der Waals surface area contributed by atoms with Crippen molar-refractivity contribution in [2.75, 3.05) is 11.6 Å². The van der Waals surface area contributed by atoms with Crippen molar-refractivity contribution < 1.29 is 8.42 Å². The van der Waals surface area contributed by atoms with Crippen LogP contribution in [0.15, 0.2) is 24.3 Å². The van der Waals surface area contributed by atoms with Crippen molar-refractivity contribution in [1.82, 2.24) is 0 Å². The molecule has 100 valence electrons. The molecule has 2 atom stereocenters. The molecule has 2 unspecified atom stereocenters. The van der Waals surface area contributed by atoms with Gasteiger partial charge in [-0.05, 0) is 38.3 Å². The molecule has 18 heavy (non-hydrogen) atoms. The minimum Gasteiger partial charge on any atom is -0.382 e. The third-order valence-corrected chi connectivity index (χ3v) is 5.29. The molecular weight excluding hydrogens is 246 g/mol. The summed E-state index contributed by atoms with van der Waals surface area (Å²) in [5.74, 6) is 0. The fourth-order valence-corrected chi connectivity index (χ4v) is 3.73. The van der Waals surface area contributed by atoms with E-state index in [4.69, 9.17) is 0 Å². The lowest BCUT2D eigenvalue weighted by Gasteiger charge is -2.29. The Kier molecular flexibility index (Phi) is 3.95. The minimum absolute atomic E-state index is 0.172. The fraction of sp³-hybridized carbons (Fsp3) is 0.571. The Balaban J connectivity index is 2.00. The van der Waals surface area contributed by atoms with Gasteiger partial charge in [0.2, 0.25) is 0 Å². The van der Waals surface area contributed by atoms with Crippen molar-refractivity contribution in [3.8, 4) is 0 Å². The highest BCUT2D eigenvalue weighted by molar-refractivity contribution is 7.91. The zero-order valence-corrected chi connectivity index (χ0v) is 11.8. The normalized spacial score (nSPS) is 24.8. The largest absolute Gasteiger partial charge is 0.382 e. The maximum absolute atomic E-state index is 11.6. The summed E-state index contributed by atoms with van der Waals surface area (Å²) in [5, 5.41) is 3.27. The van der Waals surface area contributed by atoms with Crippen LogP contribution >= 0.6 is 0 Å². The first-order chi connectivity index (χ1) is 8.45. The van der Waals surface area contributed by atoms with Crippen LogP contribution < -0.4 is 5.32 Å². The number of sulfone groups is 1. The Morgan fingerprint density at radius 1 is 1.17 bits per heavy atom. The van der Waals surface area contributed by atoms with Gasteiger partial charge >= 0.3 is 0 Å². The lowest BCUT2D eigenvalue weighted by molar-refractivity contribution is 0.453. The van der Waals surface area contributed by atoms with Gasteiger partial charge in [-0.15, -0.1) is 0 Å². The third kappa shape index (κ3) is 3.48. The van der Waals surface area contributed by atoms with E-state index in [9.17, 15) is 8.42 Å². The molecule has 0 aromatic heterocycles. The lowest BCUT2D eigenvalue weighted by Crippen LogP contribution is -2.34. The van der Waals surface area contributed by atoms with E-state index in [0.717, 1.165) is 31.4 Å². The van der Waals surface area contributed by atoms with Gasteiger partial charge in [0.1, 0.15) is 9.84 Å². The Bertz CT molecular complexity index is 493. The maximum atomic E-state index is 11.6. The molecule has 0 aliphatic heterocycles. The van der Waals surface area contributed by atoms with E-state index < -0.39 is 9.84 Å². The van der Waals surface area contributed by atoms with Crippen LogP contribution in [0.3, 0.4) is 0 Å². The second kappa shape index (κ2) is 5.31. The summed E-state index contributed by atoms with van der Waals surface area (Å²) in [5.41, 5.74) is 2.32. The summed E-state index contributed by atoms with van der Waals surface area (Å²) in [6.45, 7) is 2.06. The highest BCUT2D eigenvalue weighted by atomic mass is 32.2. The van der Waals surface area contributed by atoms with Crippen LogP contribution in [-0.4, -0.2) is 26.0 Å². The van der Waals surface area contributed by atoms with E-state index in [0.29, 0.717) is 0 Å². The molecule has 1 aliphatic rings. The van der Waals surface area contributed by atoms with Gasteiger partial charge in [-0.2, -0.15) is 0 Å². The van der Waals surface area contributed by atoms with Crippen molar-refractivity contribution in [3.63, 3.8) is 0 Å². The predicted molar refractivity (Wildman–Crippen MR) is 75.7 cm³/mol. The number of hydrogen-bond acceptors (Lipinski definition) is 3. The van der Waals surface area contributed by atoms with Gasteiger partial charge in [0.15, 0.2) is 0 Å². The number of rotatable bonds is 3. The molecule has 0 radical (unpaired) electrons. The quantitative estimate of drug-likeness (QED) is 0.916. The number of benzene rings is 1. The van der Waals surface area contributed by atoms with Crippen LogP contribution in [0, 0.1) is 6.92 Å². The summed E-state index contributed by atoms with van der Waals surface area (Å²) in [4.78, 5) is 0. The molecule has 1 aromatic carbocycles. The third-order valence-electron chi connectivity index (χ3n) is 3.65. The van der Waals surface area contributed by atoms with Gasteiger partial charge < -0.3 is 5.32 Å². The van der Waals surface area contributed by atoms with Crippen LogP contribution in [0.5, 0.6) is 0 Å². The molecule has 1 aromatic rings. The summed E-state index contributed by atoms with van der Waals surface area (Å²) in [6.07, 6.45) is 4.94. The van der Waals surface area contributed by atoms with Crippen LogP contribution in [0.25, 0.3) is 0 Å². The van der Waals surface area contributed by atoms with Gasteiger partial charge in [0, 0.05) is 18.0 Å². The van der Waals surface area contributed by atoms with Crippen LogP contribution in [0.4, 0.5) is 5.69 Å². The molecule has 1 fully saturated rings. The van der Waals surface area contributed by atoms with Crippen LogP contribution in [-0.2, 0) is 9.84 Å². The van der Waals surface area contributed by atoms with Crippen molar-refractivity contribution in [2.24, 2.45) is 0 Å². The molecule has 0 amide bonds. The van der Waals surface area contributed by atoms with Gasteiger partial charge in [0.25, 0.3) is 0 Å². The lowest BCUT2D eigenvalue weighted by atomic mass is 9.94. The first kappa shape index (κ1) is 13.4. The Morgan fingerprint density at radius 3 is 2.44 bits per heavy atom. The van der Waals surface area contributed by atoms with Gasteiger partial charge in [-0.3, -0.25) is 0 Å². The average molecular weight is 267 g/mol. The van der Waals surface area contributed by atoms with E-state index in [2.05, 4.69) is 36.5 Å². The van der Waals surface area contributed by atoms with Crippen molar-refractivity contribution in [3.05, 3.63) is 29.8 Å². The Morgan fingerprint density at radius 2 is 1.83 bits per heavy atom. The Hall–Kier alpha value is -1.03. The van der Waals surface area contributed by atoms with E-state index in [1.54, 1.807) is 0 Å². The standard InChI is InChI=1S/C14H21NO2S/c1-11-6-8-12(9-7-11)15-13-4-3-5-14(10-13)18(2,16)17/h6-9,13-15H,3-5,10H2,1-2H3. The van der Waals surface area contributed by atoms with Crippen LogP contribution in [0.2, 0.25) is 0 Å². The van der Waals surface area contributed by atoms with E-state index in [-0.39, 0.29) is 11.3 Å². The summed E-state index contributed by atoms with van der Waals surface area (Å²) in [6, 6.07) is 8.53. The molecule has 2 rings (SSSR count). The highest BCUT2D eigenvalue weighted by Crippen LogP contribution is 2.26. The smallest absolute Gasteiger partial charge is 0.150 e. The highest BCUT2D eigenvalue weighted by Gasteiger charge is 2.28. The number of hydrogen-bond donors (Lipinski definition) is 1. The monoisotopic (exact) mass is 267 g/mol. The number of nitrogens with one attached hydrogen (secondary N) is 1. The van der Waals surface area contributed by atoms with Gasteiger partial charge in [0.05, 0.1) is 5.25 Å². The second-order valence-corrected chi connectivity index (χ2v) is 7.65. The molecule has 0 bridgehead atoms. The topological polar surface area (TPSA) is 46.2 Å². The number of anilines is 1. The maximum Gasteiger partial charge on any atom is 0.150 e. The summed E-state index contributed by atoms with van der Waals surface area (Å²) < 4.78 is 23.2. The fourth-order valence-electron chi connectivity index (χ4n) is 2.55. The predicted octanol–water partition coefficient (Wildman–Crippen LogP) is 2.76. The minimum atomic E-state index is -2.90. The first-order valence-electron chi connectivity index (χ1n) is 6.47.